The summed E-state index contributed by atoms with van der Waals surface area (Å²) in [6.45, 7) is 5.49. The van der Waals surface area contributed by atoms with E-state index in [2.05, 4.69) is 29.1 Å². The van der Waals surface area contributed by atoms with Gasteiger partial charge in [0.1, 0.15) is 0 Å². The molecule has 0 aromatic heterocycles. The molecule has 0 saturated heterocycles. The zero-order chi connectivity index (χ0) is 16.8. The largest absolute Gasteiger partial charge is 0.493 e. The second-order valence-corrected chi connectivity index (χ2v) is 5.95. The van der Waals surface area contributed by atoms with E-state index in [1.807, 2.05) is 32.3 Å². The molecule has 6 heteroatoms. The molecule has 0 aliphatic heterocycles. The molecule has 0 heterocycles. The molecule has 0 unspecified atom stereocenters. The molecule has 0 aliphatic carbocycles. The number of ether oxygens (including phenoxy) is 2. The highest BCUT2D eigenvalue weighted by atomic mass is 16.5. The van der Waals surface area contributed by atoms with E-state index in [0.29, 0.717) is 24.0 Å². The first-order chi connectivity index (χ1) is 10.3. The SMILES string of the molecule is COc1ccc(CN=C(N)NCC(C)(C)N(C)C)cc1OC. The highest BCUT2D eigenvalue weighted by Crippen LogP contribution is 2.27. The molecule has 6 nitrogen and oxygen atoms in total. The van der Waals surface area contributed by atoms with Gasteiger partial charge in [-0.15, -0.1) is 0 Å². The maximum Gasteiger partial charge on any atom is 0.188 e. The van der Waals surface area contributed by atoms with Crippen LogP contribution in [0.4, 0.5) is 0 Å². The molecule has 0 aliphatic rings. The summed E-state index contributed by atoms with van der Waals surface area (Å²) in [6.07, 6.45) is 0. The number of nitrogens with zero attached hydrogens (tertiary/aromatic N) is 2. The number of methoxy groups -OCH3 is 2. The normalized spacial score (nSPS) is 12.4. The van der Waals surface area contributed by atoms with Crippen molar-refractivity contribution in [3.05, 3.63) is 23.8 Å². The Kier molecular flexibility index (Phi) is 6.49. The molecule has 0 bridgehead atoms. The number of hydrogen-bond donors (Lipinski definition) is 2. The summed E-state index contributed by atoms with van der Waals surface area (Å²) in [5.41, 5.74) is 6.93. The van der Waals surface area contributed by atoms with Crippen LogP contribution in [0.2, 0.25) is 0 Å². The van der Waals surface area contributed by atoms with E-state index in [4.69, 9.17) is 15.2 Å². The topological polar surface area (TPSA) is 72.1 Å². The summed E-state index contributed by atoms with van der Waals surface area (Å²) in [5, 5.41) is 3.16. The number of aliphatic imine (C=N–C) groups is 1. The molecule has 3 N–H and O–H groups in total. The van der Waals surface area contributed by atoms with Gasteiger partial charge in [-0.25, -0.2) is 4.99 Å². The molecule has 0 saturated carbocycles. The van der Waals surface area contributed by atoms with Crippen molar-refractivity contribution in [1.29, 1.82) is 0 Å². The third-order valence-corrected chi connectivity index (χ3v) is 3.79. The Morgan fingerprint density at radius 3 is 2.41 bits per heavy atom. The fourth-order valence-electron chi connectivity index (χ4n) is 1.68. The number of hydrogen-bond acceptors (Lipinski definition) is 4. The molecule has 22 heavy (non-hydrogen) atoms. The van der Waals surface area contributed by atoms with Gasteiger partial charge in [0.2, 0.25) is 0 Å². The van der Waals surface area contributed by atoms with Gasteiger partial charge in [0.25, 0.3) is 0 Å². The molecule has 1 rings (SSSR count). The van der Waals surface area contributed by atoms with Gasteiger partial charge in [0.15, 0.2) is 17.5 Å². The second kappa shape index (κ2) is 7.89. The average Bonchev–Trinajstić information content (AvgIpc) is 2.50. The summed E-state index contributed by atoms with van der Waals surface area (Å²) in [5.74, 6) is 1.83. The summed E-state index contributed by atoms with van der Waals surface area (Å²) in [4.78, 5) is 6.50. The van der Waals surface area contributed by atoms with Gasteiger partial charge in [-0.1, -0.05) is 6.07 Å². The Morgan fingerprint density at radius 2 is 1.86 bits per heavy atom. The van der Waals surface area contributed by atoms with Crippen molar-refractivity contribution in [2.24, 2.45) is 10.7 Å². The van der Waals surface area contributed by atoms with Crippen molar-refractivity contribution in [3.8, 4) is 11.5 Å². The number of nitrogens with one attached hydrogen (secondary N) is 1. The van der Waals surface area contributed by atoms with Gasteiger partial charge in [0, 0.05) is 12.1 Å². The van der Waals surface area contributed by atoms with Gasteiger partial charge in [0.05, 0.1) is 20.8 Å². The van der Waals surface area contributed by atoms with Crippen molar-refractivity contribution in [3.63, 3.8) is 0 Å². The first-order valence-corrected chi connectivity index (χ1v) is 7.22. The Labute approximate surface area is 133 Å². The minimum atomic E-state index is 0.00345. The smallest absolute Gasteiger partial charge is 0.188 e. The zero-order valence-electron chi connectivity index (χ0n) is 14.4. The number of rotatable bonds is 7. The van der Waals surface area contributed by atoms with Gasteiger partial charge >= 0.3 is 0 Å². The van der Waals surface area contributed by atoms with Crippen molar-refractivity contribution in [2.45, 2.75) is 25.9 Å². The lowest BCUT2D eigenvalue weighted by atomic mass is 10.1. The van der Waals surface area contributed by atoms with Crippen LogP contribution < -0.4 is 20.5 Å². The molecular formula is C16H28N4O2. The van der Waals surface area contributed by atoms with Gasteiger partial charge in [-0.2, -0.15) is 0 Å². The van der Waals surface area contributed by atoms with E-state index in [1.54, 1.807) is 14.2 Å². The van der Waals surface area contributed by atoms with E-state index in [9.17, 15) is 0 Å². The molecule has 1 aromatic carbocycles. The second-order valence-electron chi connectivity index (χ2n) is 5.95. The lowest BCUT2D eigenvalue weighted by Gasteiger charge is -2.32. The Balaban J connectivity index is 2.64. The highest BCUT2D eigenvalue weighted by molar-refractivity contribution is 5.77. The van der Waals surface area contributed by atoms with Crippen LogP contribution in [-0.2, 0) is 6.54 Å². The monoisotopic (exact) mass is 308 g/mol. The quantitative estimate of drug-likeness (QED) is 0.589. The Morgan fingerprint density at radius 1 is 1.23 bits per heavy atom. The molecule has 0 spiro atoms. The highest BCUT2D eigenvalue weighted by Gasteiger charge is 2.19. The molecular weight excluding hydrogens is 280 g/mol. The summed E-state index contributed by atoms with van der Waals surface area (Å²) < 4.78 is 10.5. The minimum absolute atomic E-state index is 0.00345. The van der Waals surface area contributed by atoms with Crippen molar-refractivity contribution in [1.82, 2.24) is 10.2 Å². The van der Waals surface area contributed by atoms with Gasteiger partial charge in [-0.3, -0.25) is 0 Å². The summed E-state index contributed by atoms with van der Waals surface area (Å²) in [6, 6.07) is 5.71. The van der Waals surface area contributed by atoms with Crippen LogP contribution in [0.1, 0.15) is 19.4 Å². The van der Waals surface area contributed by atoms with E-state index < -0.39 is 0 Å². The fourth-order valence-corrected chi connectivity index (χ4v) is 1.68. The van der Waals surface area contributed by atoms with E-state index in [0.717, 1.165) is 12.1 Å². The number of nitrogens with two attached hydrogens (primary N) is 1. The summed E-state index contributed by atoms with van der Waals surface area (Å²) in [7, 11) is 7.31. The maximum absolute atomic E-state index is 5.92. The minimum Gasteiger partial charge on any atom is -0.493 e. The first kappa shape index (κ1) is 18.1. The van der Waals surface area contributed by atoms with Gasteiger partial charge in [-0.05, 0) is 45.6 Å². The van der Waals surface area contributed by atoms with Crippen LogP contribution in [0.3, 0.4) is 0 Å². The van der Waals surface area contributed by atoms with Gasteiger partial charge < -0.3 is 25.4 Å². The third-order valence-electron chi connectivity index (χ3n) is 3.79. The first-order valence-electron chi connectivity index (χ1n) is 7.22. The predicted molar refractivity (Wildman–Crippen MR) is 90.6 cm³/mol. The average molecular weight is 308 g/mol. The van der Waals surface area contributed by atoms with E-state index in [-0.39, 0.29) is 5.54 Å². The van der Waals surface area contributed by atoms with Crippen LogP contribution in [0, 0.1) is 0 Å². The van der Waals surface area contributed by atoms with Crippen LogP contribution in [-0.4, -0.2) is 51.3 Å². The standard InChI is InChI=1S/C16H28N4O2/c1-16(2,20(3)4)11-19-15(17)18-10-12-7-8-13(21-5)14(9-12)22-6/h7-9H,10-11H2,1-6H3,(H3,17,18,19). The fraction of sp³-hybridized carbons (Fsp3) is 0.562. The van der Waals surface area contributed by atoms with Crippen molar-refractivity contribution >= 4 is 5.96 Å². The zero-order valence-corrected chi connectivity index (χ0v) is 14.4. The number of benzene rings is 1. The van der Waals surface area contributed by atoms with Crippen LogP contribution in [0.15, 0.2) is 23.2 Å². The molecule has 0 radical (unpaired) electrons. The van der Waals surface area contributed by atoms with Crippen molar-refractivity contribution < 1.29 is 9.47 Å². The molecule has 0 atom stereocenters. The van der Waals surface area contributed by atoms with Crippen molar-refractivity contribution in [2.75, 3.05) is 34.9 Å². The van der Waals surface area contributed by atoms with Crippen LogP contribution >= 0.6 is 0 Å². The van der Waals surface area contributed by atoms with E-state index in [1.165, 1.54) is 0 Å². The molecule has 0 amide bonds. The van der Waals surface area contributed by atoms with E-state index >= 15 is 0 Å². The number of likely N-dealkylation sites (N-methyl/N-ethyl adjacent to an activating group) is 1. The predicted octanol–water partition coefficient (Wildman–Crippen LogP) is 1.45. The maximum atomic E-state index is 5.92. The number of guanidine groups is 1. The molecule has 0 fully saturated rings. The summed E-state index contributed by atoms with van der Waals surface area (Å²) >= 11 is 0. The molecule has 1 aromatic rings. The lowest BCUT2D eigenvalue weighted by Crippen LogP contribution is -2.49. The van der Waals surface area contributed by atoms with Crippen LogP contribution in [0.5, 0.6) is 11.5 Å². The third kappa shape index (κ3) is 5.11. The Hall–Kier alpha value is -1.95. The lowest BCUT2D eigenvalue weighted by molar-refractivity contribution is 0.197. The Bertz CT molecular complexity index is 513. The van der Waals surface area contributed by atoms with Crippen LogP contribution in [0.25, 0.3) is 0 Å². The molecule has 124 valence electrons.